The van der Waals surface area contributed by atoms with Crippen LogP contribution in [0.2, 0.25) is 0 Å². The van der Waals surface area contributed by atoms with Crippen LogP contribution in [0.5, 0.6) is 0 Å². The molecule has 0 saturated carbocycles. The van der Waals surface area contributed by atoms with Crippen molar-refractivity contribution in [2.24, 2.45) is 0 Å². The third-order valence-electron chi connectivity index (χ3n) is 1.66. The highest BCUT2D eigenvalue weighted by molar-refractivity contribution is 5.77. The van der Waals surface area contributed by atoms with Gasteiger partial charge in [0.2, 0.25) is 5.91 Å². The minimum Gasteiger partial charge on any atom is -0.281 e. The summed E-state index contributed by atoms with van der Waals surface area (Å²) in [7, 11) is 1.76. The number of rotatable bonds is 1. The summed E-state index contributed by atoms with van der Waals surface area (Å²) in [6.45, 7) is 2.07. The Balaban J connectivity index is 2.44. The van der Waals surface area contributed by atoms with Crippen molar-refractivity contribution in [2.75, 3.05) is 7.05 Å². The van der Waals surface area contributed by atoms with Crippen LogP contribution in [0.4, 0.5) is 0 Å². The Morgan fingerprint density at radius 2 is 2.56 bits per heavy atom. The summed E-state index contributed by atoms with van der Waals surface area (Å²) in [5.74, 6) is 0.196. The van der Waals surface area contributed by atoms with E-state index in [1.54, 1.807) is 12.1 Å². The smallest absolute Gasteiger partial charge is 0.238 e. The molecule has 1 aliphatic heterocycles. The van der Waals surface area contributed by atoms with Gasteiger partial charge in [0.25, 0.3) is 0 Å². The second-order valence-electron chi connectivity index (χ2n) is 2.39. The first-order valence-electron chi connectivity index (χ1n) is 3.26. The first-order chi connectivity index (χ1) is 4.24. The lowest BCUT2D eigenvalue weighted by Crippen LogP contribution is -2.33. The Morgan fingerprint density at radius 3 is 2.78 bits per heavy atom. The lowest BCUT2D eigenvalue weighted by atomic mass is 10.2. The van der Waals surface area contributed by atoms with Crippen molar-refractivity contribution < 1.29 is 4.79 Å². The first kappa shape index (κ1) is 6.55. The van der Waals surface area contributed by atoms with Gasteiger partial charge in [-0.05, 0) is 6.42 Å². The summed E-state index contributed by atoms with van der Waals surface area (Å²) in [4.78, 5) is 10.8. The zero-order valence-electron chi connectivity index (χ0n) is 5.85. The lowest BCUT2D eigenvalue weighted by Gasteiger charge is -2.09. The van der Waals surface area contributed by atoms with E-state index < -0.39 is 0 Å². The Bertz CT molecular complexity index is 124. The summed E-state index contributed by atoms with van der Waals surface area (Å²) in [6, 6.07) is 0.377. The third-order valence-corrected chi connectivity index (χ3v) is 1.66. The van der Waals surface area contributed by atoms with Crippen molar-refractivity contribution in [3.63, 3.8) is 0 Å². The van der Waals surface area contributed by atoms with E-state index in [2.05, 4.69) is 12.3 Å². The molecule has 3 nitrogen and oxygen atoms in total. The number of nitrogens with zero attached hydrogens (tertiary/aromatic N) is 1. The predicted octanol–water partition coefficient (Wildman–Crippen LogP) is 0.132. The molecule has 1 aliphatic rings. The lowest BCUT2D eigenvalue weighted by molar-refractivity contribution is -0.128. The summed E-state index contributed by atoms with van der Waals surface area (Å²) in [6.07, 6.45) is 1.68. The van der Waals surface area contributed by atoms with Gasteiger partial charge in [-0.15, -0.1) is 0 Å². The predicted molar refractivity (Wildman–Crippen MR) is 34.6 cm³/mol. The van der Waals surface area contributed by atoms with E-state index in [1.807, 2.05) is 0 Å². The van der Waals surface area contributed by atoms with Crippen LogP contribution in [0.25, 0.3) is 0 Å². The fourth-order valence-corrected chi connectivity index (χ4v) is 0.975. The number of amides is 1. The number of carbonyl (C=O) groups is 1. The van der Waals surface area contributed by atoms with E-state index in [1.165, 1.54) is 0 Å². The molecule has 0 aromatic heterocycles. The Kier molecular flexibility index (Phi) is 1.71. The van der Waals surface area contributed by atoms with Crippen LogP contribution < -0.4 is 5.43 Å². The molecule has 9 heavy (non-hydrogen) atoms. The van der Waals surface area contributed by atoms with Crippen LogP contribution in [0.1, 0.15) is 19.8 Å². The van der Waals surface area contributed by atoms with Crippen LogP contribution in [0.3, 0.4) is 0 Å². The largest absolute Gasteiger partial charge is 0.281 e. The molecule has 1 rings (SSSR count). The molecule has 0 aromatic carbocycles. The molecular formula is C6H12N2O. The van der Waals surface area contributed by atoms with Crippen molar-refractivity contribution >= 4 is 5.91 Å². The maximum Gasteiger partial charge on any atom is 0.238 e. The number of hydrazine groups is 1. The highest BCUT2D eigenvalue weighted by Crippen LogP contribution is 2.07. The van der Waals surface area contributed by atoms with Gasteiger partial charge in [0.15, 0.2) is 0 Å². The molecule has 3 heteroatoms. The number of nitrogens with one attached hydrogen (secondary N) is 1. The third kappa shape index (κ3) is 1.21. The highest BCUT2D eigenvalue weighted by atomic mass is 16.2. The van der Waals surface area contributed by atoms with E-state index in [0.29, 0.717) is 12.5 Å². The summed E-state index contributed by atoms with van der Waals surface area (Å²) >= 11 is 0. The van der Waals surface area contributed by atoms with Crippen LogP contribution in [-0.2, 0) is 4.79 Å². The van der Waals surface area contributed by atoms with Crippen molar-refractivity contribution in [3.05, 3.63) is 0 Å². The van der Waals surface area contributed by atoms with Gasteiger partial charge in [-0.1, -0.05) is 6.92 Å². The molecule has 0 radical (unpaired) electrons. The Morgan fingerprint density at radius 1 is 1.89 bits per heavy atom. The SMILES string of the molecule is CCC1CC(=O)N(C)N1. The van der Waals surface area contributed by atoms with Crippen molar-refractivity contribution in [2.45, 2.75) is 25.8 Å². The van der Waals surface area contributed by atoms with E-state index in [4.69, 9.17) is 0 Å². The second-order valence-corrected chi connectivity index (χ2v) is 2.39. The number of hydrogen-bond acceptors (Lipinski definition) is 2. The van der Waals surface area contributed by atoms with Gasteiger partial charge >= 0.3 is 0 Å². The van der Waals surface area contributed by atoms with Gasteiger partial charge < -0.3 is 0 Å². The van der Waals surface area contributed by atoms with E-state index in [0.717, 1.165) is 6.42 Å². The minimum absolute atomic E-state index is 0.196. The van der Waals surface area contributed by atoms with Crippen LogP contribution >= 0.6 is 0 Å². The Labute approximate surface area is 55.0 Å². The average molecular weight is 128 g/mol. The van der Waals surface area contributed by atoms with Gasteiger partial charge in [0.05, 0.1) is 0 Å². The van der Waals surface area contributed by atoms with Crippen LogP contribution in [-0.4, -0.2) is 24.0 Å². The molecule has 1 N–H and O–H groups in total. The summed E-state index contributed by atoms with van der Waals surface area (Å²) in [5.41, 5.74) is 3.04. The molecular weight excluding hydrogens is 116 g/mol. The van der Waals surface area contributed by atoms with Crippen LogP contribution in [0, 0.1) is 0 Å². The zero-order chi connectivity index (χ0) is 6.85. The minimum atomic E-state index is 0.196. The molecule has 0 aromatic rings. The van der Waals surface area contributed by atoms with Crippen molar-refractivity contribution in [1.82, 2.24) is 10.4 Å². The Hall–Kier alpha value is -0.570. The van der Waals surface area contributed by atoms with E-state index in [9.17, 15) is 4.79 Å². The molecule has 1 atom stereocenters. The molecule has 1 fully saturated rings. The average Bonchev–Trinajstić information content (AvgIpc) is 2.13. The molecule has 1 unspecified atom stereocenters. The first-order valence-corrected chi connectivity index (χ1v) is 3.26. The van der Waals surface area contributed by atoms with E-state index in [-0.39, 0.29) is 5.91 Å². The van der Waals surface area contributed by atoms with Gasteiger partial charge in [-0.3, -0.25) is 9.80 Å². The quantitative estimate of drug-likeness (QED) is 0.544. The molecule has 0 aliphatic carbocycles. The standard InChI is InChI=1S/C6H12N2O/c1-3-5-4-6(9)8(2)7-5/h5,7H,3-4H2,1-2H3. The maximum atomic E-state index is 10.8. The molecule has 1 amide bonds. The molecule has 0 bridgehead atoms. The number of carbonyl (C=O) groups excluding carboxylic acids is 1. The van der Waals surface area contributed by atoms with Crippen molar-refractivity contribution in [1.29, 1.82) is 0 Å². The fourth-order valence-electron chi connectivity index (χ4n) is 0.975. The monoisotopic (exact) mass is 128 g/mol. The molecule has 52 valence electrons. The molecule has 1 saturated heterocycles. The van der Waals surface area contributed by atoms with E-state index >= 15 is 0 Å². The summed E-state index contributed by atoms with van der Waals surface area (Å²) in [5, 5.41) is 1.56. The van der Waals surface area contributed by atoms with Gasteiger partial charge in [-0.2, -0.15) is 0 Å². The normalized spacial score (nSPS) is 27.6. The van der Waals surface area contributed by atoms with Gasteiger partial charge in [0, 0.05) is 19.5 Å². The van der Waals surface area contributed by atoms with Crippen molar-refractivity contribution in [3.8, 4) is 0 Å². The molecule has 1 heterocycles. The van der Waals surface area contributed by atoms with Gasteiger partial charge in [0.1, 0.15) is 0 Å². The topological polar surface area (TPSA) is 32.3 Å². The maximum absolute atomic E-state index is 10.8. The summed E-state index contributed by atoms with van der Waals surface area (Å²) < 4.78 is 0. The van der Waals surface area contributed by atoms with Crippen LogP contribution in [0.15, 0.2) is 0 Å². The van der Waals surface area contributed by atoms with Gasteiger partial charge in [-0.25, -0.2) is 5.43 Å². The highest BCUT2D eigenvalue weighted by Gasteiger charge is 2.23. The molecule has 0 spiro atoms. The zero-order valence-corrected chi connectivity index (χ0v) is 5.85. The number of hydrogen-bond donors (Lipinski definition) is 1. The fraction of sp³-hybridized carbons (Fsp3) is 0.833. The second kappa shape index (κ2) is 2.35.